The zero-order valence-electron chi connectivity index (χ0n) is 12.4. The predicted octanol–water partition coefficient (Wildman–Crippen LogP) is 0.851. The maximum Gasteiger partial charge on any atom is 0.442 e. The second-order valence-corrected chi connectivity index (χ2v) is 5.52. The third-order valence-electron chi connectivity index (χ3n) is 3.93. The molecule has 0 spiro atoms. The topological polar surface area (TPSA) is 114 Å². The van der Waals surface area contributed by atoms with E-state index in [1.165, 1.54) is 0 Å². The molecule has 118 valence electrons. The molecule has 0 unspecified atom stereocenters. The minimum absolute atomic E-state index is 0.183. The Morgan fingerprint density at radius 1 is 1.43 bits per heavy atom. The first kappa shape index (κ1) is 15.0. The molecule has 0 aromatic carbocycles. The van der Waals surface area contributed by atoms with Crippen molar-refractivity contribution in [3.63, 3.8) is 0 Å². The first-order valence-electron chi connectivity index (χ1n) is 7.34. The third-order valence-corrected chi connectivity index (χ3v) is 3.93. The van der Waals surface area contributed by atoms with Gasteiger partial charge in [-0.2, -0.15) is 5.26 Å². The molecule has 1 saturated carbocycles. The average molecular weight is 313 g/mol. The van der Waals surface area contributed by atoms with Crippen molar-refractivity contribution >= 4 is 5.91 Å². The highest BCUT2D eigenvalue weighted by Crippen LogP contribution is 2.28. The van der Waals surface area contributed by atoms with E-state index in [1.54, 1.807) is 24.4 Å². The number of aromatic nitrogens is 3. The van der Waals surface area contributed by atoms with Gasteiger partial charge in [0.05, 0.1) is 6.07 Å². The molecule has 1 fully saturated rings. The van der Waals surface area contributed by atoms with Gasteiger partial charge in [-0.1, -0.05) is 11.2 Å². The van der Waals surface area contributed by atoms with Crippen LogP contribution in [0.2, 0.25) is 0 Å². The largest absolute Gasteiger partial charge is 0.442 e. The summed E-state index contributed by atoms with van der Waals surface area (Å²) in [5.41, 5.74) is -0.398. The van der Waals surface area contributed by atoms with E-state index in [4.69, 9.17) is 0 Å². The van der Waals surface area contributed by atoms with Crippen molar-refractivity contribution in [2.75, 3.05) is 0 Å². The molecular formula is C15H15N5O3. The van der Waals surface area contributed by atoms with Gasteiger partial charge in [0.15, 0.2) is 0 Å². The van der Waals surface area contributed by atoms with Crippen molar-refractivity contribution in [3.05, 3.63) is 34.9 Å². The Labute approximate surface area is 131 Å². The predicted molar refractivity (Wildman–Crippen MR) is 78.9 cm³/mol. The molecule has 0 aliphatic heterocycles. The number of nitrogens with zero attached hydrogens (tertiary/aromatic N) is 4. The number of nitriles is 1. The zero-order chi connectivity index (χ0) is 16.3. The molecule has 1 N–H and O–H groups in total. The molecule has 0 bridgehead atoms. The van der Waals surface area contributed by atoms with Crippen molar-refractivity contribution in [2.24, 2.45) is 0 Å². The fourth-order valence-electron chi connectivity index (χ4n) is 2.78. The number of carbonyl (C=O) groups excluding carboxylic acids is 1. The number of pyridine rings is 1. The van der Waals surface area contributed by atoms with E-state index in [1.807, 2.05) is 0 Å². The Morgan fingerprint density at radius 3 is 2.87 bits per heavy atom. The van der Waals surface area contributed by atoms with Crippen LogP contribution in [0.15, 0.2) is 33.7 Å². The van der Waals surface area contributed by atoms with Crippen molar-refractivity contribution in [3.8, 4) is 17.6 Å². The molecule has 8 heteroatoms. The van der Waals surface area contributed by atoms with Crippen LogP contribution in [-0.2, 0) is 11.3 Å². The Bertz CT molecular complexity index is 797. The lowest BCUT2D eigenvalue weighted by Gasteiger charge is -2.21. The standard InChI is InChI=1S/C15H15N5O3/c16-10-15(6-2-3-7-15)18-12(21)9-20-13(19-23-14(20)22)11-5-1-4-8-17-11/h1,4-5,8H,2-3,6-7,9H2,(H,18,21). The smallest absolute Gasteiger partial charge is 0.336 e. The van der Waals surface area contributed by atoms with E-state index in [2.05, 4.69) is 26.0 Å². The van der Waals surface area contributed by atoms with Gasteiger partial charge in [-0.3, -0.25) is 14.3 Å². The van der Waals surface area contributed by atoms with Crippen molar-refractivity contribution in [1.29, 1.82) is 5.26 Å². The lowest BCUT2D eigenvalue weighted by molar-refractivity contribution is -0.123. The molecule has 8 nitrogen and oxygen atoms in total. The van der Waals surface area contributed by atoms with Gasteiger partial charge in [0.25, 0.3) is 0 Å². The third kappa shape index (κ3) is 2.99. The maximum absolute atomic E-state index is 12.3. The van der Waals surface area contributed by atoms with Gasteiger partial charge in [0.2, 0.25) is 11.7 Å². The van der Waals surface area contributed by atoms with E-state index in [0.29, 0.717) is 18.5 Å². The van der Waals surface area contributed by atoms with Crippen LogP contribution in [0, 0.1) is 11.3 Å². The summed E-state index contributed by atoms with van der Waals surface area (Å²) in [6, 6.07) is 7.32. The average Bonchev–Trinajstić information content (AvgIpc) is 3.17. The summed E-state index contributed by atoms with van der Waals surface area (Å²) in [4.78, 5) is 28.1. The fraction of sp³-hybridized carbons (Fsp3) is 0.400. The first-order chi connectivity index (χ1) is 11.1. The van der Waals surface area contributed by atoms with Gasteiger partial charge < -0.3 is 5.32 Å². The summed E-state index contributed by atoms with van der Waals surface area (Å²) in [5.74, 6) is -0.975. The van der Waals surface area contributed by atoms with E-state index in [0.717, 1.165) is 17.4 Å². The normalized spacial score (nSPS) is 16.0. The van der Waals surface area contributed by atoms with Gasteiger partial charge in [0, 0.05) is 6.20 Å². The minimum atomic E-state index is -0.830. The van der Waals surface area contributed by atoms with Crippen molar-refractivity contribution < 1.29 is 9.32 Å². The second kappa shape index (κ2) is 6.04. The van der Waals surface area contributed by atoms with Crippen LogP contribution in [0.5, 0.6) is 0 Å². The van der Waals surface area contributed by atoms with Crippen LogP contribution in [0.4, 0.5) is 0 Å². The highest BCUT2D eigenvalue weighted by Gasteiger charge is 2.35. The van der Waals surface area contributed by atoms with Crippen LogP contribution >= 0.6 is 0 Å². The number of hydrogen-bond donors (Lipinski definition) is 1. The Balaban J connectivity index is 1.81. The Hall–Kier alpha value is -2.95. The molecule has 1 aliphatic rings. The lowest BCUT2D eigenvalue weighted by Crippen LogP contribution is -2.47. The molecule has 3 rings (SSSR count). The molecule has 2 aromatic rings. The van der Waals surface area contributed by atoms with Crippen LogP contribution in [0.3, 0.4) is 0 Å². The van der Waals surface area contributed by atoms with Gasteiger partial charge in [-0.15, -0.1) is 0 Å². The highest BCUT2D eigenvalue weighted by atomic mass is 16.5. The highest BCUT2D eigenvalue weighted by molar-refractivity contribution is 5.77. The SMILES string of the molecule is N#CC1(NC(=O)Cn2c(-c3ccccn3)noc2=O)CCCC1. The Kier molecular flexibility index (Phi) is 3.93. The van der Waals surface area contributed by atoms with Gasteiger partial charge in [0.1, 0.15) is 17.8 Å². The van der Waals surface area contributed by atoms with E-state index in [-0.39, 0.29) is 12.4 Å². The van der Waals surface area contributed by atoms with E-state index in [9.17, 15) is 14.9 Å². The molecule has 0 atom stereocenters. The van der Waals surface area contributed by atoms with Crippen LogP contribution in [0.25, 0.3) is 11.5 Å². The summed E-state index contributed by atoms with van der Waals surface area (Å²) in [6.07, 6.45) is 4.62. The molecule has 23 heavy (non-hydrogen) atoms. The number of nitrogens with one attached hydrogen (secondary N) is 1. The van der Waals surface area contributed by atoms with Gasteiger partial charge in [-0.25, -0.2) is 9.36 Å². The van der Waals surface area contributed by atoms with Crippen molar-refractivity contribution in [1.82, 2.24) is 20.0 Å². The summed E-state index contributed by atoms with van der Waals surface area (Å²) in [7, 11) is 0. The van der Waals surface area contributed by atoms with Crippen LogP contribution in [-0.4, -0.2) is 26.2 Å². The zero-order valence-corrected chi connectivity index (χ0v) is 12.4. The Morgan fingerprint density at radius 2 is 2.22 bits per heavy atom. The van der Waals surface area contributed by atoms with Crippen molar-refractivity contribution in [2.45, 2.75) is 37.8 Å². The first-order valence-corrected chi connectivity index (χ1v) is 7.34. The van der Waals surface area contributed by atoms with Gasteiger partial charge in [-0.05, 0) is 37.8 Å². The molecular weight excluding hydrogens is 298 g/mol. The number of amides is 1. The second-order valence-electron chi connectivity index (χ2n) is 5.52. The number of rotatable bonds is 4. The van der Waals surface area contributed by atoms with Crippen LogP contribution < -0.4 is 11.1 Å². The lowest BCUT2D eigenvalue weighted by atomic mass is 10.00. The monoisotopic (exact) mass is 313 g/mol. The molecule has 2 aromatic heterocycles. The molecule has 0 radical (unpaired) electrons. The summed E-state index contributed by atoms with van der Waals surface area (Å²) in [6.45, 7) is -0.266. The maximum atomic E-state index is 12.3. The summed E-state index contributed by atoms with van der Waals surface area (Å²) < 4.78 is 5.75. The number of carbonyl (C=O) groups is 1. The molecule has 0 saturated heterocycles. The van der Waals surface area contributed by atoms with Gasteiger partial charge >= 0.3 is 5.76 Å². The fourth-order valence-corrected chi connectivity index (χ4v) is 2.78. The van der Waals surface area contributed by atoms with E-state index >= 15 is 0 Å². The molecule has 2 heterocycles. The quantitative estimate of drug-likeness (QED) is 0.895. The van der Waals surface area contributed by atoms with E-state index < -0.39 is 17.2 Å². The summed E-state index contributed by atoms with van der Waals surface area (Å²) >= 11 is 0. The van der Waals surface area contributed by atoms with Crippen LogP contribution in [0.1, 0.15) is 25.7 Å². The minimum Gasteiger partial charge on any atom is -0.336 e. The summed E-state index contributed by atoms with van der Waals surface area (Å²) in [5, 5.41) is 15.7. The molecule has 1 amide bonds. The number of hydrogen-bond acceptors (Lipinski definition) is 6. The molecule has 1 aliphatic carbocycles.